The summed E-state index contributed by atoms with van der Waals surface area (Å²) in [5.41, 5.74) is 0.114. The number of para-hydroxylation sites is 2. The Balaban J connectivity index is 1.72. The van der Waals surface area contributed by atoms with E-state index in [-0.39, 0.29) is 23.0 Å². The molecule has 0 saturated heterocycles. The summed E-state index contributed by atoms with van der Waals surface area (Å²) in [4.78, 5) is 12.1. The molecule has 0 aliphatic heterocycles. The number of ether oxygens (including phenoxy) is 1. The highest BCUT2D eigenvalue weighted by Gasteiger charge is 2.27. The minimum absolute atomic E-state index is 0.114. The number of phenolic OH excluding ortho intramolecular Hbond substituents is 1. The number of carbonyl (C=O) groups excluding carboxylic acids is 1. The van der Waals surface area contributed by atoms with Crippen molar-refractivity contribution in [1.29, 1.82) is 0 Å². The second-order valence-electron chi connectivity index (χ2n) is 5.42. The van der Waals surface area contributed by atoms with E-state index in [2.05, 4.69) is 10.1 Å². The molecule has 0 bridgehead atoms. The van der Waals surface area contributed by atoms with Crippen LogP contribution in [0, 0.1) is 29.1 Å². The van der Waals surface area contributed by atoms with Gasteiger partial charge in [-0.3, -0.25) is 4.79 Å². The summed E-state index contributed by atoms with van der Waals surface area (Å²) in [5.74, 6) is -13.6. The maximum absolute atomic E-state index is 13.6. The van der Waals surface area contributed by atoms with Gasteiger partial charge in [-0.05, 0) is 24.3 Å². The molecular formula is C18H10F5NO4. The molecule has 1 aromatic heterocycles. The first-order chi connectivity index (χ1) is 13.3. The van der Waals surface area contributed by atoms with Gasteiger partial charge in [0, 0.05) is 0 Å². The monoisotopic (exact) mass is 399 g/mol. The number of carbonyl (C=O) groups is 1. The molecule has 0 atom stereocenters. The van der Waals surface area contributed by atoms with Crippen LogP contribution in [-0.4, -0.2) is 11.0 Å². The van der Waals surface area contributed by atoms with E-state index in [1.54, 1.807) is 12.1 Å². The van der Waals surface area contributed by atoms with E-state index < -0.39 is 47.3 Å². The molecule has 5 nitrogen and oxygen atoms in total. The Morgan fingerprint density at radius 1 is 0.929 bits per heavy atom. The Morgan fingerprint density at radius 3 is 2.18 bits per heavy atom. The molecule has 0 saturated carbocycles. The summed E-state index contributed by atoms with van der Waals surface area (Å²) in [6.45, 7) is -0.706. The summed E-state index contributed by atoms with van der Waals surface area (Å²) in [5, 5.41) is 12.0. The predicted molar refractivity (Wildman–Crippen MR) is 85.3 cm³/mol. The fourth-order valence-corrected chi connectivity index (χ4v) is 2.20. The van der Waals surface area contributed by atoms with Crippen molar-refractivity contribution in [1.82, 2.24) is 0 Å². The summed E-state index contributed by atoms with van der Waals surface area (Å²) in [6, 6.07) is 8.32. The van der Waals surface area contributed by atoms with Crippen LogP contribution in [0.3, 0.4) is 0 Å². The Morgan fingerprint density at radius 2 is 1.54 bits per heavy atom. The van der Waals surface area contributed by atoms with E-state index in [9.17, 15) is 31.9 Å². The molecule has 0 aliphatic rings. The number of amides is 1. The Bertz CT molecular complexity index is 1020. The lowest BCUT2D eigenvalue weighted by molar-refractivity contribution is 0.0991. The van der Waals surface area contributed by atoms with Gasteiger partial charge in [0.2, 0.25) is 29.1 Å². The van der Waals surface area contributed by atoms with Gasteiger partial charge in [0.25, 0.3) is 5.91 Å². The van der Waals surface area contributed by atoms with Crippen molar-refractivity contribution in [2.75, 3.05) is 5.32 Å². The van der Waals surface area contributed by atoms with Crippen LogP contribution >= 0.6 is 0 Å². The van der Waals surface area contributed by atoms with Crippen LogP contribution in [0.25, 0.3) is 0 Å². The smallest absolute Gasteiger partial charge is 0.291 e. The zero-order valence-corrected chi connectivity index (χ0v) is 13.7. The molecule has 1 heterocycles. The van der Waals surface area contributed by atoms with Crippen molar-refractivity contribution in [3.63, 3.8) is 0 Å². The lowest BCUT2D eigenvalue weighted by Gasteiger charge is -2.09. The molecule has 10 heteroatoms. The van der Waals surface area contributed by atoms with Crippen molar-refractivity contribution in [2.24, 2.45) is 0 Å². The molecule has 28 heavy (non-hydrogen) atoms. The maximum Gasteiger partial charge on any atom is 0.291 e. The minimum atomic E-state index is -2.30. The van der Waals surface area contributed by atoms with Crippen LogP contribution in [0.4, 0.5) is 27.6 Å². The lowest BCUT2D eigenvalue weighted by atomic mass is 10.2. The second kappa shape index (κ2) is 7.59. The van der Waals surface area contributed by atoms with Crippen molar-refractivity contribution >= 4 is 11.6 Å². The van der Waals surface area contributed by atoms with E-state index in [0.717, 1.165) is 0 Å². The van der Waals surface area contributed by atoms with Crippen LogP contribution in [0.1, 0.15) is 16.3 Å². The number of furan rings is 1. The molecule has 146 valence electrons. The van der Waals surface area contributed by atoms with Gasteiger partial charge in [0.05, 0.1) is 5.69 Å². The van der Waals surface area contributed by atoms with E-state index in [4.69, 9.17) is 4.42 Å². The van der Waals surface area contributed by atoms with Crippen LogP contribution in [0.2, 0.25) is 0 Å². The number of aromatic hydroxyl groups is 1. The van der Waals surface area contributed by atoms with Gasteiger partial charge in [0.15, 0.2) is 11.5 Å². The van der Waals surface area contributed by atoms with E-state index >= 15 is 0 Å². The molecule has 3 aromatic rings. The Hall–Kier alpha value is -3.56. The lowest BCUT2D eigenvalue weighted by Crippen LogP contribution is -2.11. The van der Waals surface area contributed by atoms with Gasteiger partial charge in [-0.25, -0.2) is 13.2 Å². The molecule has 2 aromatic carbocycles. The number of hydrogen-bond donors (Lipinski definition) is 2. The second-order valence-corrected chi connectivity index (χ2v) is 5.42. The first kappa shape index (κ1) is 19.2. The van der Waals surface area contributed by atoms with E-state index in [0.29, 0.717) is 0 Å². The van der Waals surface area contributed by atoms with Gasteiger partial charge >= 0.3 is 0 Å². The van der Waals surface area contributed by atoms with Crippen molar-refractivity contribution < 1.29 is 41.0 Å². The minimum Gasteiger partial charge on any atom is -0.506 e. The third kappa shape index (κ3) is 3.61. The highest BCUT2D eigenvalue weighted by Crippen LogP contribution is 2.30. The fraction of sp³-hybridized carbons (Fsp3) is 0.0556. The van der Waals surface area contributed by atoms with Gasteiger partial charge < -0.3 is 19.6 Å². The molecule has 0 spiro atoms. The number of halogens is 5. The normalized spacial score (nSPS) is 10.8. The zero-order valence-electron chi connectivity index (χ0n) is 13.7. The van der Waals surface area contributed by atoms with E-state index in [1.165, 1.54) is 24.3 Å². The SMILES string of the molecule is O=C(Nc1ccccc1O)c1ccc(COc2c(F)c(F)c(F)c(F)c2F)o1. The van der Waals surface area contributed by atoms with Crippen molar-refractivity contribution in [3.8, 4) is 11.5 Å². The molecule has 0 aliphatic carbocycles. The van der Waals surface area contributed by atoms with Crippen molar-refractivity contribution in [2.45, 2.75) is 6.61 Å². The fourth-order valence-electron chi connectivity index (χ4n) is 2.20. The molecule has 1 amide bonds. The quantitative estimate of drug-likeness (QED) is 0.287. The van der Waals surface area contributed by atoms with Crippen LogP contribution in [0.5, 0.6) is 11.5 Å². The van der Waals surface area contributed by atoms with Gasteiger partial charge in [0.1, 0.15) is 18.1 Å². The van der Waals surface area contributed by atoms with Gasteiger partial charge in [-0.1, -0.05) is 12.1 Å². The third-order valence-corrected chi connectivity index (χ3v) is 3.57. The van der Waals surface area contributed by atoms with Crippen molar-refractivity contribution in [3.05, 3.63) is 77.0 Å². The maximum atomic E-state index is 13.6. The first-order valence-electron chi connectivity index (χ1n) is 7.62. The van der Waals surface area contributed by atoms with Crippen LogP contribution in [0.15, 0.2) is 40.8 Å². The number of benzene rings is 2. The largest absolute Gasteiger partial charge is 0.506 e. The number of hydrogen-bond acceptors (Lipinski definition) is 4. The highest BCUT2D eigenvalue weighted by molar-refractivity contribution is 6.03. The van der Waals surface area contributed by atoms with Crippen LogP contribution in [-0.2, 0) is 6.61 Å². The number of anilines is 1. The Kier molecular flexibility index (Phi) is 5.21. The third-order valence-electron chi connectivity index (χ3n) is 3.57. The molecular weight excluding hydrogens is 389 g/mol. The number of rotatable bonds is 5. The summed E-state index contributed by atoms with van der Waals surface area (Å²) in [6.07, 6.45) is 0. The Labute approximate surface area is 154 Å². The molecule has 3 rings (SSSR count). The van der Waals surface area contributed by atoms with Gasteiger partial charge in [-0.2, -0.15) is 8.78 Å². The van der Waals surface area contributed by atoms with E-state index in [1.807, 2.05) is 0 Å². The molecule has 0 fully saturated rings. The summed E-state index contributed by atoms with van der Waals surface area (Å²) < 4.78 is 76.1. The first-order valence-corrected chi connectivity index (χ1v) is 7.62. The average Bonchev–Trinajstić information content (AvgIpc) is 3.16. The van der Waals surface area contributed by atoms with Crippen LogP contribution < -0.4 is 10.1 Å². The standard InChI is InChI=1S/C18H10F5NO4/c19-12-13(20)15(22)17(16(23)14(12)21)27-7-8-5-6-11(28-8)18(26)24-9-3-1-2-4-10(9)25/h1-6,25H,7H2,(H,24,26). The summed E-state index contributed by atoms with van der Waals surface area (Å²) in [7, 11) is 0. The topological polar surface area (TPSA) is 71.7 Å². The predicted octanol–water partition coefficient (Wildman–Crippen LogP) is 4.51. The number of phenols is 1. The molecule has 2 N–H and O–H groups in total. The molecule has 0 radical (unpaired) electrons. The highest BCUT2D eigenvalue weighted by atomic mass is 19.2. The summed E-state index contributed by atoms with van der Waals surface area (Å²) >= 11 is 0. The zero-order chi connectivity index (χ0) is 20.4. The number of nitrogens with one attached hydrogen (secondary N) is 1. The average molecular weight is 399 g/mol. The molecule has 0 unspecified atom stereocenters. The van der Waals surface area contributed by atoms with Gasteiger partial charge in [-0.15, -0.1) is 0 Å².